The molecule has 0 bridgehead atoms. The number of thiazole rings is 1. The van der Waals surface area contributed by atoms with E-state index in [1.807, 2.05) is 43.3 Å². The van der Waals surface area contributed by atoms with Gasteiger partial charge in [0.25, 0.3) is 5.56 Å². The summed E-state index contributed by atoms with van der Waals surface area (Å²) in [5, 5.41) is 1.62. The van der Waals surface area contributed by atoms with Crippen molar-refractivity contribution in [3.63, 3.8) is 0 Å². The largest absolute Gasteiger partial charge is 0.292 e. The topological polar surface area (TPSA) is 47.8 Å². The first-order chi connectivity index (χ1) is 13.2. The summed E-state index contributed by atoms with van der Waals surface area (Å²) in [6, 6.07) is 18.2. The lowest BCUT2D eigenvalue weighted by Crippen LogP contribution is -2.21. The van der Waals surface area contributed by atoms with Gasteiger partial charge >= 0.3 is 0 Å². The molecule has 0 saturated carbocycles. The summed E-state index contributed by atoms with van der Waals surface area (Å²) in [7, 11) is 0. The molecule has 132 valence electrons. The second kappa shape index (κ2) is 6.40. The highest BCUT2D eigenvalue weighted by Crippen LogP contribution is 2.35. The van der Waals surface area contributed by atoms with Gasteiger partial charge in [-0.3, -0.25) is 9.36 Å². The molecule has 0 fully saturated rings. The zero-order valence-corrected chi connectivity index (χ0v) is 16.2. The number of rotatable bonds is 3. The van der Waals surface area contributed by atoms with Gasteiger partial charge in [-0.15, -0.1) is 22.7 Å². The van der Waals surface area contributed by atoms with E-state index >= 15 is 0 Å². The second-order valence-electron chi connectivity index (χ2n) is 6.36. The van der Waals surface area contributed by atoms with Crippen molar-refractivity contribution in [3.05, 3.63) is 81.8 Å². The van der Waals surface area contributed by atoms with E-state index in [9.17, 15) is 4.79 Å². The van der Waals surface area contributed by atoms with E-state index in [0.29, 0.717) is 11.9 Å². The van der Waals surface area contributed by atoms with Crippen LogP contribution in [0.3, 0.4) is 0 Å². The summed E-state index contributed by atoms with van der Waals surface area (Å²) >= 11 is 3.19. The zero-order chi connectivity index (χ0) is 18.4. The van der Waals surface area contributed by atoms with Crippen LogP contribution in [0.2, 0.25) is 0 Å². The predicted molar refractivity (Wildman–Crippen MR) is 113 cm³/mol. The number of thiophene rings is 1. The zero-order valence-electron chi connectivity index (χ0n) is 14.5. The van der Waals surface area contributed by atoms with Crippen LogP contribution < -0.4 is 5.56 Å². The number of aromatic nitrogens is 3. The Labute approximate surface area is 163 Å². The standard InChI is InChI=1S/C21H15N3OS2/c1-13-18-20(27-19(13)14-7-3-2-4-8-14)22-12-24(21(18)25)11-17-23-15-9-5-6-10-16(15)26-17/h2-10,12H,11H2,1H3. The van der Waals surface area contributed by atoms with Crippen LogP contribution in [0.4, 0.5) is 0 Å². The average Bonchev–Trinajstić information content (AvgIpc) is 3.25. The van der Waals surface area contributed by atoms with Crippen molar-refractivity contribution < 1.29 is 0 Å². The van der Waals surface area contributed by atoms with Gasteiger partial charge in [-0.1, -0.05) is 42.5 Å². The molecule has 5 aromatic rings. The molecular formula is C21H15N3OS2. The Hall–Kier alpha value is -2.83. The normalized spacial score (nSPS) is 11.4. The fourth-order valence-electron chi connectivity index (χ4n) is 3.27. The third kappa shape index (κ3) is 2.78. The van der Waals surface area contributed by atoms with E-state index in [2.05, 4.69) is 28.2 Å². The molecule has 3 aromatic heterocycles. The molecule has 0 aliphatic carbocycles. The monoisotopic (exact) mass is 389 g/mol. The van der Waals surface area contributed by atoms with Crippen molar-refractivity contribution >= 4 is 43.1 Å². The lowest BCUT2D eigenvalue weighted by Gasteiger charge is -2.03. The van der Waals surface area contributed by atoms with E-state index in [0.717, 1.165) is 36.1 Å². The first-order valence-electron chi connectivity index (χ1n) is 8.59. The Morgan fingerprint density at radius 2 is 1.78 bits per heavy atom. The second-order valence-corrected chi connectivity index (χ2v) is 8.47. The van der Waals surface area contributed by atoms with Gasteiger partial charge in [-0.05, 0) is 30.2 Å². The molecule has 4 nitrogen and oxygen atoms in total. The first kappa shape index (κ1) is 16.4. The summed E-state index contributed by atoms with van der Waals surface area (Å²) < 4.78 is 2.79. The smallest absolute Gasteiger partial charge is 0.262 e. The molecule has 3 heterocycles. The van der Waals surface area contributed by atoms with Crippen LogP contribution in [0, 0.1) is 6.92 Å². The molecule has 0 radical (unpaired) electrons. The maximum atomic E-state index is 13.1. The third-order valence-corrected chi connectivity index (χ3v) is 6.87. The van der Waals surface area contributed by atoms with E-state index in [-0.39, 0.29) is 5.56 Å². The van der Waals surface area contributed by atoms with Crippen LogP contribution in [0.1, 0.15) is 10.6 Å². The fraction of sp³-hybridized carbons (Fsp3) is 0.0952. The molecule has 0 spiro atoms. The summed E-state index contributed by atoms with van der Waals surface area (Å²) in [4.78, 5) is 24.2. The fourth-order valence-corrected chi connectivity index (χ4v) is 5.38. The van der Waals surface area contributed by atoms with Crippen LogP contribution in [0.15, 0.2) is 65.7 Å². The Morgan fingerprint density at radius 1 is 1.00 bits per heavy atom. The number of para-hydroxylation sites is 1. The molecule has 0 aliphatic heterocycles. The van der Waals surface area contributed by atoms with E-state index in [4.69, 9.17) is 0 Å². The number of aryl methyl sites for hydroxylation is 1. The molecule has 0 aliphatic rings. The number of hydrogen-bond acceptors (Lipinski definition) is 5. The van der Waals surface area contributed by atoms with Crippen molar-refractivity contribution in [1.82, 2.24) is 14.5 Å². The highest BCUT2D eigenvalue weighted by Gasteiger charge is 2.16. The van der Waals surface area contributed by atoms with Gasteiger partial charge in [-0.2, -0.15) is 0 Å². The van der Waals surface area contributed by atoms with E-state index in [1.165, 1.54) is 0 Å². The van der Waals surface area contributed by atoms with E-state index in [1.54, 1.807) is 33.6 Å². The van der Waals surface area contributed by atoms with Gasteiger partial charge in [0.1, 0.15) is 9.84 Å². The molecule has 0 saturated heterocycles. The maximum Gasteiger partial charge on any atom is 0.262 e. The van der Waals surface area contributed by atoms with Crippen LogP contribution in [-0.4, -0.2) is 14.5 Å². The molecule has 2 aromatic carbocycles. The Bertz CT molecular complexity index is 1300. The number of nitrogens with zero attached hydrogens (tertiary/aromatic N) is 3. The highest BCUT2D eigenvalue weighted by atomic mass is 32.1. The van der Waals surface area contributed by atoms with Gasteiger partial charge in [0.15, 0.2) is 0 Å². The van der Waals surface area contributed by atoms with Crippen molar-refractivity contribution in [2.24, 2.45) is 0 Å². The van der Waals surface area contributed by atoms with E-state index < -0.39 is 0 Å². The minimum absolute atomic E-state index is 0.00446. The van der Waals surface area contributed by atoms with Gasteiger partial charge < -0.3 is 0 Å². The van der Waals surface area contributed by atoms with Crippen LogP contribution >= 0.6 is 22.7 Å². The highest BCUT2D eigenvalue weighted by molar-refractivity contribution is 7.22. The molecular weight excluding hydrogens is 374 g/mol. The summed E-state index contributed by atoms with van der Waals surface area (Å²) in [6.07, 6.45) is 1.64. The first-order valence-corrected chi connectivity index (χ1v) is 10.2. The van der Waals surface area contributed by atoms with Gasteiger partial charge in [0.05, 0.1) is 28.5 Å². The molecule has 0 N–H and O–H groups in total. The summed E-state index contributed by atoms with van der Waals surface area (Å²) in [6.45, 7) is 2.45. The van der Waals surface area contributed by atoms with Crippen LogP contribution in [0.5, 0.6) is 0 Å². The molecule has 0 atom stereocenters. The average molecular weight is 390 g/mol. The number of fused-ring (bicyclic) bond motifs is 2. The lowest BCUT2D eigenvalue weighted by atomic mass is 10.1. The van der Waals surface area contributed by atoms with Crippen LogP contribution in [-0.2, 0) is 6.54 Å². The Kier molecular flexibility index (Phi) is 3.88. The molecule has 0 unspecified atom stereocenters. The number of benzene rings is 2. The van der Waals surface area contributed by atoms with Gasteiger partial charge in [-0.25, -0.2) is 9.97 Å². The minimum atomic E-state index is -0.00446. The molecule has 27 heavy (non-hydrogen) atoms. The maximum absolute atomic E-state index is 13.1. The molecule has 5 rings (SSSR count). The predicted octanol–water partition coefficient (Wildman–Crippen LogP) is 5.09. The summed E-state index contributed by atoms with van der Waals surface area (Å²) in [5.41, 5.74) is 3.08. The Balaban J connectivity index is 1.61. The third-order valence-electron chi connectivity index (χ3n) is 4.60. The summed E-state index contributed by atoms with van der Waals surface area (Å²) in [5.74, 6) is 0. The molecule has 6 heteroatoms. The SMILES string of the molecule is Cc1c(-c2ccccc2)sc2ncn(Cc3nc4ccccc4s3)c(=O)c12. The van der Waals surface area contributed by atoms with Crippen molar-refractivity contribution in [2.75, 3.05) is 0 Å². The van der Waals surface area contributed by atoms with Gasteiger partial charge in [0.2, 0.25) is 0 Å². The quantitative estimate of drug-likeness (QED) is 0.432. The van der Waals surface area contributed by atoms with Crippen LogP contribution in [0.25, 0.3) is 30.9 Å². The van der Waals surface area contributed by atoms with Gasteiger partial charge in [0, 0.05) is 4.88 Å². The molecule has 0 amide bonds. The van der Waals surface area contributed by atoms with Crippen molar-refractivity contribution in [3.8, 4) is 10.4 Å². The Morgan fingerprint density at radius 3 is 2.59 bits per heavy atom. The van der Waals surface area contributed by atoms with Crippen molar-refractivity contribution in [2.45, 2.75) is 13.5 Å². The minimum Gasteiger partial charge on any atom is -0.292 e. The lowest BCUT2D eigenvalue weighted by molar-refractivity contribution is 0.745. The number of hydrogen-bond donors (Lipinski definition) is 0. The van der Waals surface area contributed by atoms with Crippen molar-refractivity contribution in [1.29, 1.82) is 0 Å².